The Hall–Kier alpha value is -1.06. The van der Waals surface area contributed by atoms with Crippen molar-refractivity contribution >= 4 is 0 Å². The molecule has 110 valence electrons. The van der Waals surface area contributed by atoms with E-state index in [0.29, 0.717) is 17.8 Å². The van der Waals surface area contributed by atoms with Crippen molar-refractivity contribution < 1.29 is 5.11 Å². The quantitative estimate of drug-likeness (QED) is 0.866. The Kier molecular flexibility index (Phi) is 4.27. The van der Waals surface area contributed by atoms with Gasteiger partial charge in [-0.2, -0.15) is 0 Å². The van der Waals surface area contributed by atoms with Crippen molar-refractivity contribution in [3.05, 3.63) is 29.8 Å². The second-order valence-electron chi connectivity index (χ2n) is 6.39. The van der Waals surface area contributed by atoms with Crippen LogP contribution in [0.25, 0.3) is 0 Å². The van der Waals surface area contributed by atoms with E-state index >= 15 is 0 Å². The molecule has 1 saturated carbocycles. The number of nitrogens with zero attached hydrogens (tertiary/aromatic N) is 1. The molecule has 3 nitrogen and oxygen atoms in total. The van der Waals surface area contributed by atoms with Crippen molar-refractivity contribution in [2.45, 2.75) is 51.2 Å². The molecule has 20 heavy (non-hydrogen) atoms. The summed E-state index contributed by atoms with van der Waals surface area (Å²) in [5, 5.41) is 13.2. The highest BCUT2D eigenvalue weighted by Gasteiger charge is 2.36. The number of hydrogen-bond acceptors (Lipinski definition) is 3. The molecule has 2 fully saturated rings. The molecule has 2 N–H and O–H groups in total. The van der Waals surface area contributed by atoms with Crippen molar-refractivity contribution in [2.24, 2.45) is 5.92 Å². The van der Waals surface area contributed by atoms with Gasteiger partial charge in [-0.05, 0) is 42.9 Å². The largest absolute Gasteiger partial charge is 0.508 e. The molecular formula is C17H26N2O. The minimum Gasteiger partial charge on any atom is -0.508 e. The molecule has 1 aliphatic carbocycles. The average Bonchev–Trinajstić information content (AvgIpc) is 3.28. The summed E-state index contributed by atoms with van der Waals surface area (Å²) in [6.45, 7) is 5.59. The number of hydrogen-bond donors (Lipinski definition) is 2. The van der Waals surface area contributed by atoms with Crippen LogP contribution in [0.2, 0.25) is 0 Å². The Balaban J connectivity index is 1.66. The number of benzene rings is 1. The van der Waals surface area contributed by atoms with Gasteiger partial charge in [0.2, 0.25) is 0 Å². The summed E-state index contributed by atoms with van der Waals surface area (Å²) < 4.78 is 0. The number of phenols is 1. The van der Waals surface area contributed by atoms with Gasteiger partial charge in [0.25, 0.3) is 0 Å². The summed E-state index contributed by atoms with van der Waals surface area (Å²) in [5.74, 6) is 1.27. The summed E-state index contributed by atoms with van der Waals surface area (Å²) in [5.41, 5.74) is 1.31. The molecule has 1 aromatic carbocycles. The van der Waals surface area contributed by atoms with Gasteiger partial charge in [-0.1, -0.05) is 25.5 Å². The molecule has 0 spiro atoms. The van der Waals surface area contributed by atoms with E-state index in [2.05, 4.69) is 17.1 Å². The lowest BCUT2D eigenvalue weighted by Gasteiger charge is -2.41. The smallest absolute Gasteiger partial charge is 0.115 e. The predicted molar refractivity (Wildman–Crippen MR) is 81.7 cm³/mol. The zero-order valence-electron chi connectivity index (χ0n) is 12.4. The second kappa shape index (κ2) is 6.15. The molecule has 0 amide bonds. The van der Waals surface area contributed by atoms with E-state index in [1.807, 2.05) is 12.1 Å². The van der Waals surface area contributed by atoms with Crippen LogP contribution in [0.4, 0.5) is 0 Å². The lowest BCUT2D eigenvalue weighted by molar-refractivity contribution is 0.108. The van der Waals surface area contributed by atoms with Gasteiger partial charge >= 0.3 is 0 Å². The summed E-state index contributed by atoms with van der Waals surface area (Å²) in [6, 6.07) is 9.04. The van der Waals surface area contributed by atoms with Crippen molar-refractivity contribution in [3.8, 4) is 5.75 Å². The normalized spacial score (nSPS) is 27.6. The second-order valence-corrected chi connectivity index (χ2v) is 6.39. The minimum atomic E-state index is 0.357. The zero-order chi connectivity index (χ0) is 13.9. The third kappa shape index (κ3) is 3.33. The molecule has 2 atom stereocenters. The highest BCUT2D eigenvalue weighted by molar-refractivity contribution is 5.26. The van der Waals surface area contributed by atoms with Crippen LogP contribution in [-0.2, 0) is 6.54 Å². The van der Waals surface area contributed by atoms with Crippen LogP contribution in [0.1, 0.15) is 38.2 Å². The molecule has 1 heterocycles. The third-order valence-electron chi connectivity index (χ3n) is 4.70. The number of rotatable bonds is 5. The Morgan fingerprint density at radius 2 is 2.00 bits per heavy atom. The first-order chi connectivity index (χ1) is 9.76. The van der Waals surface area contributed by atoms with Crippen molar-refractivity contribution in [3.63, 3.8) is 0 Å². The maximum atomic E-state index is 9.40. The van der Waals surface area contributed by atoms with Crippen LogP contribution >= 0.6 is 0 Å². The monoisotopic (exact) mass is 274 g/mol. The fourth-order valence-electron chi connectivity index (χ4n) is 3.34. The molecule has 2 unspecified atom stereocenters. The average molecular weight is 274 g/mol. The van der Waals surface area contributed by atoms with Crippen LogP contribution in [0.5, 0.6) is 5.75 Å². The Morgan fingerprint density at radius 3 is 2.65 bits per heavy atom. The Bertz CT molecular complexity index is 427. The Morgan fingerprint density at radius 1 is 1.25 bits per heavy atom. The van der Waals surface area contributed by atoms with Gasteiger partial charge in [-0.3, -0.25) is 4.90 Å². The zero-order valence-corrected chi connectivity index (χ0v) is 12.4. The Labute approximate surface area is 122 Å². The van der Waals surface area contributed by atoms with Crippen molar-refractivity contribution in [2.75, 3.05) is 13.1 Å². The van der Waals surface area contributed by atoms with E-state index in [1.54, 1.807) is 12.1 Å². The number of aromatic hydroxyl groups is 1. The lowest BCUT2D eigenvalue weighted by Crippen LogP contribution is -2.56. The van der Waals surface area contributed by atoms with Gasteiger partial charge in [0.05, 0.1) is 0 Å². The highest BCUT2D eigenvalue weighted by Crippen LogP contribution is 2.34. The topological polar surface area (TPSA) is 35.5 Å². The van der Waals surface area contributed by atoms with Gasteiger partial charge in [0, 0.05) is 31.7 Å². The lowest BCUT2D eigenvalue weighted by atomic mass is 10.0. The molecule has 1 saturated heterocycles. The van der Waals surface area contributed by atoms with Crippen LogP contribution < -0.4 is 5.32 Å². The molecule has 0 bridgehead atoms. The fraction of sp³-hybridized carbons (Fsp3) is 0.647. The van der Waals surface area contributed by atoms with Crippen LogP contribution in [0, 0.1) is 5.92 Å². The van der Waals surface area contributed by atoms with Crippen LogP contribution in [0.15, 0.2) is 24.3 Å². The molecule has 0 aromatic heterocycles. The predicted octanol–water partition coefficient (Wildman–Crippen LogP) is 2.74. The summed E-state index contributed by atoms with van der Waals surface area (Å²) in [7, 11) is 0. The van der Waals surface area contributed by atoms with Crippen LogP contribution in [-0.4, -0.2) is 35.2 Å². The van der Waals surface area contributed by atoms with Gasteiger partial charge < -0.3 is 10.4 Å². The number of piperazine rings is 1. The van der Waals surface area contributed by atoms with E-state index in [1.165, 1.54) is 37.8 Å². The number of phenolic OH excluding ortho intramolecular Hbond substituents is 1. The maximum absolute atomic E-state index is 9.40. The van der Waals surface area contributed by atoms with E-state index in [0.717, 1.165) is 19.0 Å². The van der Waals surface area contributed by atoms with Crippen LogP contribution in [0.3, 0.4) is 0 Å². The van der Waals surface area contributed by atoms with E-state index in [-0.39, 0.29) is 0 Å². The first kappa shape index (κ1) is 13.9. The van der Waals surface area contributed by atoms with Crippen molar-refractivity contribution in [1.82, 2.24) is 10.2 Å². The van der Waals surface area contributed by atoms with E-state index < -0.39 is 0 Å². The van der Waals surface area contributed by atoms with Gasteiger partial charge in [-0.15, -0.1) is 0 Å². The van der Waals surface area contributed by atoms with Crippen molar-refractivity contribution in [1.29, 1.82) is 0 Å². The molecule has 1 aliphatic heterocycles. The van der Waals surface area contributed by atoms with E-state index in [4.69, 9.17) is 0 Å². The minimum absolute atomic E-state index is 0.357. The molecule has 0 radical (unpaired) electrons. The van der Waals surface area contributed by atoms with E-state index in [9.17, 15) is 5.11 Å². The molecule has 3 heteroatoms. The summed E-state index contributed by atoms with van der Waals surface area (Å²) in [6.07, 6.45) is 5.32. The SMILES string of the molecule is CCCC1CNC(C2CC2)CN1Cc1ccc(O)cc1. The van der Waals surface area contributed by atoms with Gasteiger partial charge in [-0.25, -0.2) is 0 Å². The summed E-state index contributed by atoms with van der Waals surface area (Å²) in [4.78, 5) is 2.65. The molecule has 1 aromatic rings. The fourth-order valence-corrected chi connectivity index (χ4v) is 3.34. The third-order valence-corrected chi connectivity index (χ3v) is 4.70. The van der Waals surface area contributed by atoms with Gasteiger partial charge in [0.15, 0.2) is 0 Å². The molecule has 2 aliphatic rings. The number of nitrogens with one attached hydrogen (secondary N) is 1. The molecular weight excluding hydrogens is 248 g/mol. The molecule has 3 rings (SSSR count). The van der Waals surface area contributed by atoms with Gasteiger partial charge in [0.1, 0.15) is 5.75 Å². The highest BCUT2D eigenvalue weighted by atomic mass is 16.3. The first-order valence-corrected chi connectivity index (χ1v) is 8.01. The maximum Gasteiger partial charge on any atom is 0.115 e. The first-order valence-electron chi connectivity index (χ1n) is 8.01. The standard InChI is InChI=1S/C17H26N2O/c1-2-3-15-10-18-17(14-6-7-14)12-19(15)11-13-4-8-16(20)9-5-13/h4-5,8-9,14-15,17-18,20H,2-3,6-7,10-12H2,1H3. The summed E-state index contributed by atoms with van der Waals surface area (Å²) >= 11 is 0.